The quantitative estimate of drug-likeness (QED) is 0.834. The predicted molar refractivity (Wildman–Crippen MR) is 80.4 cm³/mol. The van der Waals surface area contributed by atoms with Crippen LogP contribution in [0.1, 0.15) is 20.3 Å². The van der Waals surface area contributed by atoms with Crippen LogP contribution in [0.3, 0.4) is 0 Å². The van der Waals surface area contributed by atoms with Crippen LogP contribution in [-0.2, 0) is 9.84 Å². The smallest absolute Gasteiger partial charge is 0.180 e. The van der Waals surface area contributed by atoms with Crippen molar-refractivity contribution >= 4 is 15.5 Å². The molecule has 0 saturated carbocycles. The Hall–Kier alpha value is -1.07. The van der Waals surface area contributed by atoms with Crippen LogP contribution in [0, 0.1) is 0 Å². The number of nitrogens with zero attached hydrogens (tertiary/aromatic N) is 1. The Morgan fingerprint density at radius 1 is 1.26 bits per heavy atom. The van der Waals surface area contributed by atoms with E-state index in [-0.39, 0.29) is 11.8 Å². The molecule has 19 heavy (non-hydrogen) atoms. The number of rotatable bonds is 7. The number of nitrogens with one attached hydrogen (secondary N) is 1. The van der Waals surface area contributed by atoms with Crippen LogP contribution >= 0.6 is 0 Å². The molecular weight excluding hydrogens is 260 g/mol. The van der Waals surface area contributed by atoms with E-state index in [0.717, 1.165) is 6.54 Å². The summed E-state index contributed by atoms with van der Waals surface area (Å²) in [7, 11) is 0.805. The highest BCUT2D eigenvalue weighted by Gasteiger charge is 2.18. The van der Waals surface area contributed by atoms with Crippen molar-refractivity contribution < 1.29 is 8.42 Å². The molecule has 0 aliphatic carbocycles. The van der Waals surface area contributed by atoms with Gasteiger partial charge in [-0.25, -0.2) is 8.42 Å². The van der Waals surface area contributed by atoms with Gasteiger partial charge in [0.25, 0.3) is 0 Å². The van der Waals surface area contributed by atoms with Gasteiger partial charge in [0.15, 0.2) is 9.84 Å². The van der Waals surface area contributed by atoms with Gasteiger partial charge in [-0.3, -0.25) is 0 Å². The first-order valence-corrected chi connectivity index (χ1v) is 8.25. The van der Waals surface area contributed by atoms with Crippen molar-refractivity contribution in [2.75, 3.05) is 31.7 Å². The van der Waals surface area contributed by atoms with E-state index in [2.05, 4.69) is 10.2 Å². The third-order valence-corrected chi connectivity index (χ3v) is 4.71. The summed E-state index contributed by atoms with van der Waals surface area (Å²) < 4.78 is 24.4. The van der Waals surface area contributed by atoms with Crippen molar-refractivity contribution in [3.63, 3.8) is 0 Å². The summed E-state index contributed by atoms with van der Waals surface area (Å²) in [6.07, 6.45) is 0.629. The zero-order valence-corrected chi connectivity index (χ0v) is 13.0. The first-order chi connectivity index (χ1) is 8.86. The van der Waals surface area contributed by atoms with E-state index in [1.807, 2.05) is 40.1 Å². The lowest BCUT2D eigenvalue weighted by Gasteiger charge is -2.21. The van der Waals surface area contributed by atoms with Gasteiger partial charge < -0.3 is 10.2 Å². The minimum absolute atomic E-state index is 0.188. The van der Waals surface area contributed by atoms with Crippen molar-refractivity contribution in [1.82, 2.24) is 4.90 Å². The number of benzene rings is 1. The molecule has 0 heterocycles. The maximum atomic E-state index is 12.2. The van der Waals surface area contributed by atoms with Gasteiger partial charge in [0, 0.05) is 12.6 Å². The number of sulfone groups is 1. The molecule has 5 heteroatoms. The van der Waals surface area contributed by atoms with E-state index >= 15 is 0 Å². The van der Waals surface area contributed by atoms with Crippen molar-refractivity contribution in [2.24, 2.45) is 0 Å². The lowest BCUT2D eigenvalue weighted by Crippen LogP contribution is -2.30. The summed E-state index contributed by atoms with van der Waals surface area (Å²) in [5.74, 6) is 0.188. The molecule has 1 unspecified atom stereocenters. The number of likely N-dealkylation sites (N-methyl/N-ethyl adjacent to an activating group) is 1. The van der Waals surface area contributed by atoms with Crippen LogP contribution in [-0.4, -0.2) is 45.8 Å². The predicted octanol–water partition coefficient (Wildman–Crippen LogP) is 2.23. The van der Waals surface area contributed by atoms with Crippen LogP contribution in [0.4, 0.5) is 5.69 Å². The van der Waals surface area contributed by atoms with Crippen LogP contribution in [0.2, 0.25) is 0 Å². The Kier molecular flexibility index (Phi) is 5.82. The SMILES string of the molecule is CCCS(=O)(=O)c1ccccc1NC(C)CN(C)C. The summed E-state index contributed by atoms with van der Waals surface area (Å²) in [5, 5.41) is 3.29. The van der Waals surface area contributed by atoms with E-state index in [1.54, 1.807) is 12.1 Å². The number of hydrogen-bond donors (Lipinski definition) is 1. The standard InChI is InChI=1S/C14H24N2O2S/c1-5-10-19(17,18)14-9-7-6-8-13(14)15-12(2)11-16(3)4/h6-9,12,15H,5,10-11H2,1-4H3. The van der Waals surface area contributed by atoms with Gasteiger partial charge in [0.1, 0.15) is 0 Å². The fourth-order valence-electron chi connectivity index (χ4n) is 2.09. The lowest BCUT2D eigenvalue weighted by molar-refractivity contribution is 0.392. The molecule has 1 aromatic carbocycles. The van der Waals surface area contributed by atoms with E-state index in [1.165, 1.54) is 0 Å². The van der Waals surface area contributed by atoms with E-state index in [4.69, 9.17) is 0 Å². The average Bonchev–Trinajstić information content (AvgIpc) is 2.28. The summed E-state index contributed by atoms with van der Waals surface area (Å²) in [5.41, 5.74) is 0.699. The molecule has 0 saturated heterocycles. The molecule has 0 radical (unpaired) electrons. The van der Waals surface area contributed by atoms with Gasteiger partial charge in [0.2, 0.25) is 0 Å². The topological polar surface area (TPSA) is 49.4 Å². The van der Waals surface area contributed by atoms with Crippen molar-refractivity contribution in [1.29, 1.82) is 0 Å². The number of para-hydroxylation sites is 1. The van der Waals surface area contributed by atoms with Crippen molar-refractivity contribution in [3.8, 4) is 0 Å². The van der Waals surface area contributed by atoms with Gasteiger partial charge in [-0.2, -0.15) is 0 Å². The zero-order chi connectivity index (χ0) is 14.5. The second-order valence-corrected chi connectivity index (χ2v) is 7.20. The Morgan fingerprint density at radius 3 is 2.47 bits per heavy atom. The number of anilines is 1. The van der Waals surface area contributed by atoms with Crippen molar-refractivity contribution in [3.05, 3.63) is 24.3 Å². The average molecular weight is 284 g/mol. The lowest BCUT2D eigenvalue weighted by atomic mass is 10.2. The Balaban J connectivity index is 2.97. The Bertz CT molecular complexity index is 498. The molecule has 0 fully saturated rings. The molecule has 1 aromatic rings. The molecule has 4 nitrogen and oxygen atoms in total. The van der Waals surface area contributed by atoms with Crippen LogP contribution in [0.25, 0.3) is 0 Å². The third-order valence-electron chi connectivity index (χ3n) is 2.74. The second-order valence-electron chi connectivity index (χ2n) is 5.12. The molecule has 1 atom stereocenters. The maximum Gasteiger partial charge on any atom is 0.180 e. The normalized spacial score (nSPS) is 13.5. The Labute approximate surface area is 116 Å². The molecule has 0 aliphatic rings. The van der Waals surface area contributed by atoms with Crippen LogP contribution in [0.15, 0.2) is 29.2 Å². The minimum atomic E-state index is -3.19. The summed E-state index contributed by atoms with van der Waals surface area (Å²) >= 11 is 0. The monoisotopic (exact) mass is 284 g/mol. The van der Waals surface area contributed by atoms with E-state index in [9.17, 15) is 8.42 Å². The van der Waals surface area contributed by atoms with E-state index < -0.39 is 9.84 Å². The molecule has 0 amide bonds. The minimum Gasteiger partial charge on any atom is -0.380 e. The largest absolute Gasteiger partial charge is 0.380 e. The van der Waals surface area contributed by atoms with Gasteiger partial charge in [-0.05, 0) is 39.6 Å². The second kappa shape index (κ2) is 6.91. The molecule has 0 bridgehead atoms. The van der Waals surface area contributed by atoms with Crippen molar-refractivity contribution in [2.45, 2.75) is 31.2 Å². The fourth-order valence-corrected chi connectivity index (χ4v) is 3.60. The van der Waals surface area contributed by atoms with Crippen LogP contribution < -0.4 is 5.32 Å². The summed E-state index contributed by atoms with van der Waals surface area (Å²) in [6, 6.07) is 7.32. The first kappa shape index (κ1) is 16.0. The maximum absolute atomic E-state index is 12.2. The fraction of sp³-hybridized carbons (Fsp3) is 0.571. The molecule has 1 rings (SSSR count). The molecule has 0 aromatic heterocycles. The molecular formula is C14H24N2O2S. The third kappa shape index (κ3) is 4.84. The van der Waals surface area contributed by atoms with Gasteiger partial charge in [-0.15, -0.1) is 0 Å². The zero-order valence-electron chi connectivity index (χ0n) is 12.2. The highest BCUT2D eigenvalue weighted by Crippen LogP contribution is 2.23. The molecule has 0 spiro atoms. The van der Waals surface area contributed by atoms with E-state index in [0.29, 0.717) is 17.0 Å². The molecule has 1 N–H and O–H groups in total. The van der Waals surface area contributed by atoms with Gasteiger partial charge in [0.05, 0.1) is 16.3 Å². The Morgan fingerprint density at radius 2 is 1.89 bits per heavy atom. The van der Waals surface area contributed by atoms with Crippen LogP contribution in [0.5, 0.6) is 0 Å². The molecule has 0 aliphatic heterocycles. The first-order valence-electron chi connectivity index (χ1n) is 6.60. The summed E-state index contributed by atoms with van der Waals surface area (Å²) in [4.78, 5) is 2.48. The highest BCUT2D eigenvalue weighted by atomic mass is 32.2. The molecule has 108 valence electrons. The highest BCUT2D eigenvalue weighted by molar-refractivity contribution is 7.91. The number of hydrogen-bond acceptors (Lipinski definition) is 4. The van der Waals surface area contributed by atoms with Gasteiger partial charge >= 0.3 is 0 Å². The van der Waals surface area contributed by atoms with Gasteiger partial charge in [-0.1, -0.05) is 19.1 Å². The summed E-state index contributed by atoms with van der Waals surface area (Å²) in [6.45, 7) is 4.77.